The van der Waals surface area contributed by atoms with Crippen molar-refractivity contribution in [3.8, 4) is 28.4 Å². The SMILES string of the molecule is C=CCCCCCCCCOc1ccc(OC(=O)c2ccc(-c3ccc(OCCCC(C)CC)cc3)cc2)cc1. The molecular weight excluding hydrogens is 496 g/mol. The highest BCUT2D eigenvalue weighted by atomic mass is 16.5. The van der Waals surface area contributed by atoms with Crippen LogP contribution in [0.15, 0.2) is 85.5 Å². The zero-order valence-corrected chi connectivity index (χ0v) is 24.4. The minimum Gasteiger partial charge on any atom is -0.494 e. The van der Waals surface area contributed by atoms with Crippen molar-refractivity contribution in [3.63, 3.8) is 0 Å². The molecule has 0 saturated carbocycles. The predicted molar refractivity (Wildman–Crippen MR) is 165 cm³/mol. The summed E-state index contributed by atoms with van der Waals surface area (Å²) < 4.78 is 17.3. The average Bonchev–Trinajstić information content (AvgIpc) is 2.99. The summed E-state index contributed by atoms with van der Waals surface area (Å²) in [4.78, 5) is 12.7. The lowest BCUT2D eigenvalue weighted by Crippen LogP contribution is -2.08. The molecule has 0 aliphatic carbocycles. The fraction of sp³-hybridized carbons (Fsp3) is 0.417. The predicted octanol–water partition coefficient (Wildman–Crippen LogP) is 10.1. The first-order chi connectivity index (χ1) is 19.6. The topological polar surface area (TPSA) is 44.8 Å². The Kier molecular flexibility index (Phi) is 13.9. The minimum absolute atomic E-state index is 0.380. The maximum absolute atomic E-state index is 12.7. The number of unbranched alkanes of at least 4 members (excludes halogenated alkanes) is 6. The first-order valence-corrected chi connectivity index (χ1v) is 15.0. The third-order valence-corrected chi connectivity index (χ3v) is 7.22. The molecule has 40 heavy (non-hydrogen) atoms. The number of ether oxygens (including phenoxy) is 3. The number of allylic oxidation sites excluding steroid dienone is 1. The van der Waals surface area contributed by atoms with Crippen LogP contribution in [0.25, 0.3) is 11.1 Å². The summed E-state index contributed by atoms with van der Waals surface area (Å²) in [6, 6.07) is 22.8. The van der Waals surface area contributed by atoms with Gasteiger partial charge in [-0.3, -0.25) is 0 Å². The van der Waals surface area contributed by atoms with E-state index in [0.717, 1.165) is 54.4 Å². The summed E-state index contributed by atoms with van der Waals surface area (Å²) in [6.07, 6.45) is 13.9. The van der Waals surface area contributed by atoms with Crippen LogP contribution in [0.3, 0.4) is 0 Å². The average molecular weight is 543 g/mol. The molecule has 0 aliphatic rings. The van der Waals surface area contributed by atoms with Crippen LogP contribution < -0.4 is 14.2 Å². The van der Waals surface area contributed by atoms with Crippen LogP contribution in [-0.2, 0) is 0 Å². The Labute approximate surface area is 241 Å². The normalized spacial score (nSPS) is 11.6. The van der Waals surface area contributed by atoms with Crippen LogP contribution >= 0.6 is 0 Å². The van der Waals surface area contributed by atoms with Crippen LogP contribution in [0.5, 0.6) is 17.2 Å². The van der Waals surface area contributed by atoms with Crippen LogP contribution in [0.2, 0.25) is 0 Å². The smallest absolute Gasteiger partial charge is 0.343 e. The number of carbonyl (C=O) groups is 1. The molecular formula is C36H46O4. The largest absolute Gasteiger partial charge is 0.494 e. The minimum atomic E-state index is -0.380. The van der Waals surface area contributed by atoms with E-state index in [1.54, 1.807) is 24.3 Å². The standard InChI is InChI=1S/C36H46O4/c1-4-6-7-8-9-10-11-12-27-38-34-23-25-35(26-24-34)40-36(37)32-17-15-30(16-18-32)31-19-21-33(22-20-31)39-28-13-14-29(3)5-2/h4,15-26,29H,1,5-14,27-28H2,2-3H3. The van der Waals surface area contributed by atoms with Crippen LogP contribution in [-0.4, -0.2) is 19.2 Å². The van der Waals surface area contributed by atoms with Gasteiger partial charge in [-0.25, -0.2) is 4.79 Å². The van der Waals surface area contributed by atoms with Gasteiger partial charge in [0.25, 0.3) is 0 Å². The van der Waals surface area contributed by atoms with Crippen molar-refractivity contribution >= 4 is 5.97 Å². The van der Waals surface area contributed by atoms with Crippen molar-refractivity contribution in [1.29, 1.82) is 0 Å². The Bertz CT molecular complexity index is 1120. The lowest BCUT2D eigenvalue weighted by atomic mass is 10.0. The van der Waals surface area contributed by atoms with Crippen molar-refractivity contribution in [2.24, 2.45) is 5.92 Å². The third kappa shape index (κ3) is 11.3. The number of rotatable bonds is 19. The number of carbonyl (C=O) groups excluding carboxylic acids is 1. The van der Waals surface area contributed by atoms with Crippen LogP contribution in [0, 0.1) is 5.92 Å². The number of esters is 1. The molecule has 0 amide bonds. The molecule has 0 aliphatic heterocycles. The Balaban J connectivity index is 1.38. The first kappa shape index (κ1) is 31.0. The molecule has 3 aromatic carbocycles. The molecule has 0 radical (unpaired) electrons. The fourth-order valence-electron chi connectivity index (χ4n) is 4.43. The maximum atomic E-state index is 12.7. The van der Waals surface area contributed by atoms with Crippen LogP contribution in [0.1, 0.15) is 88.4 Å². The molecule has 0 heterocycles. The van der Waals surface area contributed by atoms with Gasteiger partial charge >= 0.3 is 5.97 Å². The fourth-order valence-corrected chi connectivity index (χ4v) is 4.43. The molecule has 3 rings (SSSR count). The quantitative estimate of drug-likeness (QED) is 0.0654. The molecule has 1 unspecified atom stereocenters. The highest BCUT2D eigenvalue weighted by Crippen LogP contribution is 2.24. The van der Waals surface area contributed by atoms with Gasteiger partial charge in [-0.1, -0.05) is 76.3 Å². The van der Waals surface area contributed by atoms with Gasteiger partial charge in [0, 0.05) is 0 Å². The molecule has 1 atom stereocenters. The molecule has 4 heteroatoms. The van der Waals surface area contributed by atoms with E-state index in [9.17, 15) is 4.79 Å². The molecule has 214 valence electrons. The van der Waals surface area contributed by atoms with Gasteiger partial charge in [-0.05, 0) is 97.7 Å². The van der Waals surface area contributed by atoms with Crippen molar-refractivity contribution < 1.29 is 19.0 Å². The Morgan fingerprint density at radius 2 is 1.20 bits per heavy atom. The highest BCUT2D eigenvalue weighted by molar-refractivity contribution is 5.91. The summed E-state index contributed by atoms with van der Waals surface area (Å²) in [6.45, 7) is 9.72. The van der Waals surface area contributed by atoms with Crippen molar-refractivity contribution in [1.82, 2.24) is 0 Å². The second kappa shape index (κ2) is 17.9. The second-order valence-corrected chi connectivity index (χ2v) is 10.5. The van der Waals surface area contributed by atoms with E-state index in [1.807, 2.05) is 54.6 Å². The van der Waals surface area contributed by atoms with E-state index in [0.29, 0.717) is 17.9 Å². The highest BCUT2D eigenvalue weighted by Gasteiger charge is 2.10. The Morgan fingerprint density at radius 3 is 1.80 bits per heavy atom. The molecule has 3 aromatic rings. The summed E-state index contributed by atoms with van der Waals surface area (Å²) >= 11 is 0. The molecule has 0 aromatic heterocycles. The Hall–Kier alpha value is -3.53. The van der Waals surface area contributed by atoms with E-state index in [4.69, 9.17) is 14.2 Å². The van der Waals surface area contributed by atoms with Gasteiger partial charge < -0.3 is 14.2 Å². The van der Waals surface area contributed by atoms with Gasteiger partial charge in [-0.15, -0.1) is 6.58 Å². The molecule has 0 fully saturated rings. The monoisotopic (exact) mass is 542 g/mol. The van der Waals surface area contributed by atoms with E-state index in [1.165, 1.54) is 44.9 Å². The van der Waals surface area contributed by atoms with Gasteiger partial charge in [0.15, 0.2) is 0 Å². The van der Waals surface area contributed by atoms with Gasteiger partial charge in [0.05, 0.1) is 18.8 Å². The number of hydrogen-bond acceptors (Lipinski definition) is 4. The zero-order valence-electron chi connectivity index (χ0n) is 24.4. The lowest BCUT2D eigenvalue weighted by Gasteiger charge is -2.10. The third-order valence-electron chi connectivity index (χ3n) is 7.22. The first-order valence-electron chi connectivity index (χ1n) is 15.0. The Morgan fingerprint density at radius 1 is 0.700 bits per heavy atom. The van der Waals surface area contributed by atoms with Crippen molar-refractivity contribution in [2.75, 3.05) is 13.2 Å². The second-order valence-electron chi connectivity index (χ2n) is 10.5. The molecule has 4 nitrogen and oxygen atoms in total. The van der Waals surface area contributed by atoms with Gasteiger partial charge in [0.2, 0.25) is 0 Å². The van der Waals surface area contributed by atoms with E-state index >= 15 is 0 Å². The molecule has 0 bridgehead atoms. The van der Waals surface area contributed by atoms with Crippen molar-refractivity contribution in [2.45, 2.75) is 78.1 Å². The summed E-state index contributed by atoms with van der Waals surface area (Å²) in [5.74, 6) is 2.54. The summed E-state index contributed by atoms with van der Waals surface area (Å²) in [7, 11) is 0. The van der Waals surface area contributed by atoms with Crippen LogP contribution in [0.4, 0.5) is 0 Å². The number of benzene rings is 3. The van der Waals surface area contributed by atoms with E-state index in [2.05, 4.69) is 20.4 Å². The molecule has 0 spiro atoms. The molecule has 0 N–H and O–H groups in total. The van der Waals surface area contributed by atoms with Gasteiger partial charge in [-0.2, -0.15) is 0 Å². The maximum Gasteiger partial charge on any atom is 0.343 e. The van der Waals surface area contributed by atoms with Gasteiger partial charge in [0.1, 0.15) is 17.2 Å². The summed E-state index contributed by atoms with van der Waals surface area (Å²) in [5.41, 5.74) is 2.62. The summed E-state index contributed by atoms with van der Waals surface area (Å²) in [5, 5.41) is 0. The molecule has 0 saturated heterocycles. The van der Waals surface area contributed by atoms with Crippen molar-refractivity contribution in [3.05, 3.63) is 91.0 Å². The number of hydrogen-bond donors (Lipinski definition) is 0. The lowest BCUT2D eigenvalue weighted by molar-refractivity contribution is 0.0734. The van der Waals surface area contributed by atoms with E-state index in [-0.39, 0.29) is 5.97 Å². The zero-order chi connectivity index (χ0) is 28.4. The van der Waals surface area contributed by atoms with E-state index < -0.39 is 0 Å².